The first-order valence-corrected chi connectivity index (χ1v) is 8.71. The van der Waals surface area contributed by atoms with Crippen LogP contribution in [0.4, 0.5) is 0 Å². The Morgan fingerprint density at radius 1 is 1.04 bits per heavy atom. The van der Waals surface area contributed by atoms with Crippen LogP contribution in [-0.2, 0) is 9.53 Å². The molecule has 3 rings (SSSR count). The molecule has 4 heteroatoms. The molecule has 0 N–H and O–H groups in total. The van der Waals surface area contributed by atoms with Crippen LogP contribution in [0.2, 0.25) is 0 Å². The average Bonchev–Trinajstić information content (AvgIpc) is 3.54. The summed E-state index contributed by atoms with van der Waals surface area (Å²) >= 11 is 0. The number of carbonyl (C=O) groups excluding carboxylic acids is 2. The molecule has 0 aromatic heterocycles. The predicted octanol–water partition coefficient (Wildman–Crippen LogP) is 3.90. The third-order valence-electron chi connectivity index (χ3n) is 4.25. The monoisotopic (exact) mass is 360 g/mol. The van der Waals surface area contributed by atoms with Crippen molar-refractivity contribution in [2.75, 3.05) is 14.2 Å². The van der Waals surface area contributed by atoms with E-state index < -0.39 is 11.8 Å². The molecule has 0 aliphatic heterocycles. The molecule has 0 atom stereocenters. The Morgan fingerprint density at radius 2 is 1.74 bits per heavy atom. The van der Waals surface area contributed by atoms with Crippen LogP contribution < -0.4 is 4.74 Å². The Kier molecular flexibility index (Phi) is 5.73. The largest absolute Gasteiger partial charge is 0.497 e. The topological polar surface area (TPSA) is 52.6 Å². The van der Waals surface area contributed by atoms with Crippen molar-refractivity contribution in [2.45, 2.75) is 12.8 Å². The van der Waals surface area contributed by atoms with Crippen molar-refractivity contribution >= 4 is 17.8 Å². The van der Waals surface area contributed by atoms with Crippen molar-refractivity contribution in [1.82, 2.24) is 0 Å². The highest BCUT2D eigenvalue weighted by molar-refractivity contribution is 6.27. The molecule has 0 saturated heterocycles. The van der Waals surface area contributed by atoms with Crippen molar-refractivity contribution in [1.29, 1.82) is 0 Å². The van der Waals surface area contributed by atoms with Crippen LogP contribution in [-0.4, -0.2) is 26.0 Å². The maximum Gasteiger partial charge on any atom is 0.341 e. The van der Waals surface area contributed by atoms with Gasteiger partial charge >= 0.3 is 5.97 Å². The molecule has 0 unspecified atom stereocenters. The molecule has 1 saturated carbocycles. The summed E-state index contributed by atoms with van der Waals surface area (Å²) in [6, 6.07) is 14.1. The van der Waals surface area contributed by atoms with Crippen molar-refractivity contribution in [3.63, 3.8) is 0 Å². The normalized spacial score (nSPS) is 13.3. The first-order valence-electron chi connectivity index (χ1n) is 8.71. The Hall–Kier alpha value is -3.32. The summed E-state index contributed by atoms with van der Waals surface area (Å²) in [7, 11) is 2.81. The van der Waals surface area contributed by atoms with E-state index in [1.807, 2.05) is 24.3 Å². The number of carbonyl (C=O) groups is 2. The van der Waals surface area contributed by atoms with Crippen LogP contribution in [0.1, 0.15) is 34.3 Å². The van der Waals surface area contributed by atoms with Gasteiger partial charge in [-0.05, 0) is 54.8 Å². The summed E-state index contributed by atoms with van der Waals surface area (Å²) in [5.74, 6) is 6.37. The van der Waals surface area contributed by atoms with Crippen molar-refractivity contribution in [3.05, 3.63) is 70.8 Å². The fourth-order valence-electron chi connectivity index (χ4n) is 2.52. The molecule has 2 aromatic rings. The van der Waals surface area contributed by atoms with Gasteiger partial charge in [0.1, 0.15) is 11.3 Å². The Morgan fingerprint density at radius 3 is 2.37 bits per heavy atom. The molecule has 2 aromatic carbocycles. The quantitative estimate of drug-likeness (QED) is 0.203. The molecule has 4 nitrogen and oxygen atoms in total. The molecule has 0 bridgehead atoms. The minimum Gasteiger partial charge on any atom is -0.497 e. The van der Waals surface area contributed by atoms with Crippen molar-refractivity contribution in [3.8, 4) is 17.6 Å². The highest BCUT2D eigenvalue weighted by atomic mass is 16.5. The van der Waals surface area contributed by atoms with Gasteiger partial charge in [0.2, 0.25) is 0 Å². The summed E-state index contributed by atoms with van der Waals surface area (Å²) in [5, 5.41) is 0. The highest BCUT2D eigenvalue weighted by Gasteiger charge is 2.21. The van der Waals surface area contributed by atoms with Crippen LogP contribution in [0.5, 0.6) is 5.75 Å². The van der Waals surface area contributed by atoms with Crippen LogP contribution in [0.25, 0.3) is 6.08 Å². The number of methoxy groups -OCH3 is 2. The second-order valence-corrected chi connectivity index (χ2v) is 6.24. The minimum atomic E-state index is -0.680. The van der Waals surface area contributed by atoms with Gasteiger partial charge in [-0.15, -0.1) is 0 Å². The average molecular weight is 360 g/mol. The summed E-state index contributed by atoms with van der Waals surface area (Å²) in [6.07, 6.45) is 3.82. The number of ketones is 1. The molecule has 0 radical (unpaired) electrons. The number of Topliss-reactive ketones (excluding diaryl/α,β-unsaturated/α-hetero) is 1. The van der Waals surface area contributed by atoms with Crippen molar-refractivity contribution in [2.24, 2.45) is 5.92 Å². The van der Waals surface area contributed by atoms with Crippen LogP contribution in [0.15, 0.2) is 54.1 Å². The number of hydrogen-bond acceptors (Lipinski definition) is 4. The molecule has 27 heavy (non-hydrogen) atoms. The van der Waals surface area contributed by atoms with Gasteiger partial charge in [-0.2, -0.15) is 0 Å². The summed E-state index contributed by atoms with van der Waals surface area (Å²) in [6.45, 7) is 0. The second-order valence-electron chi connectivity index (χ2n) is 6.24. The fraction of sp³-hybridized carbons (Fsp3) is 0.217. The number of esters is 1. The zero-order valence-corrected chi connectivity index (χ0v) is 15.3. The second kappa shape index (κ2) is 8.37. The Bertz CT molecular complexity index is 938. The lowest BCUT2D eigenvalue weighted by Crippen LogP contribution is -2.15. The predicted molar refractivity (Wildman–Crippen MR) is 103 cm³/mol. The Labute approximate surface area is 158 Å². The van der Waals surface area contributed by atoms with Crippen LogP contribution in [0, 0.1) is 17.8 Å². The molecule has 1 aliphatic rings. The van der Waals surface area contributed by atoms with Gasteiger partial charge in [-0.1, -0.05) is 30.0 Å². The van der Waals surface area contributed by atoms with E-state index >= 15 is 0 Å². The van der Waals surface area contributed by atoms with E-state index in [9.17, 15) is 9.59 Å². The van der Waals surface area contributed by atoms with Gasteiger partial charge in [0.25, 0.3) is 0 Å². The molecule has 0 amide bonds. The van der Waals surface area contributed by atoms with Crippen LogP contribution >= 0.6 is 0 Å². The van der Waals surface area contributed by atoms with Crippen molar-refractivity contribution < 1.29 is 19.1 Å². The summed E-state index contributed by atoms with van der Waals surface area (Å²) < 4.78 is 9.94. The van der Waals surface area contributed by atoms with Gasteiger partial charge in [0.05, 0.1) is 14.2 Å². The first-order chi connectivity index (χ1) is 13.1. The fourth-order valence-corrected chi connectivity index (χ4v) is 2.52. The smallest absolute Gasteiger partial charge is 0.341 e. The number of ether oxygens (including phenoxy) is 2. The van der Waals surface area contributed by atoms with Gasteiger partial charge < -0.3 is 9.47 Å². The minimum absolute atomic E-state index is 0.0386. The molecule has 1 aliphatic carbocycles. The zero-order chi connectivity index (χ0) is 19.2. The molecule has 0 heterocycles. The van der Waals surface area contributed by atoms with E-state index in [4.69, 9.17) is 9.47 Å². The first kappa shape index (κ1) is 18.5. The zero-order valence-electron chi connectivity index (χ0n) is 15.3. The van der Waals surface area contributed by atoms with Crippen LogP contribution in [0.3, 0.4) is 0 Å². The maximum absolute atomic E-state index is 12.9. The molecule has 1 fully saturated rings. The lowest BCUT2D eigenvalue weighted by molar-refractivity contribution is -0.135. The third-order valence-corrected chi connectivity index (χ3v) is 4.25. The standard InChI is InChI=1S/C23H20O4/c1-26-20-13-11-18(12-14-20)22(24)21(23(25)27-2)15-19-6-4-3-5-17(19)10-9-16-7-8-16/h3-6,11-16H,7-8H2,1-2H3/b21-15+. The maximum atomic E-state index is 12.9. The molecule has 136 valence electrons. The van der Waals surface area contributed by atoms with E-state index in [2.05, 4.69) is 11.8 Å². The number of hydrogen-bond donors (Lipinski definition) is 0. The van der Waals surface area contributed by atoms with E-state index in [1.54, 1.807) is 37.5 Å². The van der Waals surface area contributed by atoms with E-state index in [1.165, 1.54) is 7.11 Å². The lowest BCUT2D eigenvalue weighted by atomic mass is 9.98. The molecular weight excluding hydrogens is 340 g/mol. The number of rotatable bonds is 5. The third kappa shape index (κ3) is 4.65. The lowest BCUT2D eigenvalue weighted by Gasteiger charge is -2.07. The number of benzene rings is 2. The van der Waals surface area contributed by atoms with Gasteiger partial charge in [0.15, 0.2) is 5.78 Å². The van der Waals surface area contributed by atoms with E-state index in [-0.39, 0.29) is 5.57 Å². The van der Waals surface area contributed by atoms with Gasteiger partial charge in [-0.3, -0.25) is 4.79 Å². The van der Waals surface area contributed by atoms with Gasteiger partial charge in [0, 0.05) is 17.0 Å². The van der Waals surface area contributed by atoms with E-state index in [0.717, 1.165) is 18.4 Å². The van der Waals surface area contributed by atoms with E-state index in [0.29, 0.717) is 22.8 Å². The molecule has 0 spiro atoms. The van der Waals surface area contributed by atoms with Gasteiger partial charge in [-0.25, -0.2) is 4.79 Å². The SMILES string of the molecule is COC(=O)/C(=C/c1ccccc1C#CC1CC1)C(=O)c1ccc(OC)cc1. The summed E-state index contributed by atoms with van der Waals surface area (Å²) in [5.41, 5.74) is 1.85. The summed E-state index contributed by atoms with van der Waals surface area (Å²) in [4.78, 5) is 25.2. The Balaban J connectivity index is 1.98. The molecular formula is C23H20O4. The highest BCUT2D eigenvalue weighted by Crippen LogP contribution is 2.28.